The Labute approximate surface area is 216 Å². The number of hydrogen-bond acceptors (Lipinski definition) is 7. The summed E-state index contributed by atoms with van der Waals surface area (Å²) in [6, 6.07) is 7.23. The number of Topliss-reactive ketones (excluding diaryl/α,β-unsaturated/α-hetero) is 2. The molecule has 0 heterocycles. The largest absolute Gasteiger partial charge is 0.347 e. The molecule has 1 aromatic carbocycles. The van der Waals surface area contributed by atoms with Gasteiger partial charge in [-0.3, -0.25) is 28.8 Å². The van der Waals surface area contributed by atoms with Gasteiger partial charge in [-0.25, -0.2) is 0 Å². The maximum Gasteiger partial charge on any atom is 0.243 e. The first-order chi connectivity index (χ1) is 17.0. The van der Waals surface area contributed by atoms with Crippen LogP contribution in [0.15, 0.2) is 30.3 Å². The van der Waals surface area contributed by atoms with Crippen LogP contribution < -0.4 is 21.3 Å². The average Bonchev–Trinajstić information content (AvgIpc) is 2.80. The van der Waals surface area contributed by atoms with Gasteiger partial charge in [-0.1, -0.05) is 44.2 Å². The number of nitrogens with one attached hydrogen (secondary N) is 4. The molecule has 1 rings (SSSR count). The molecule has 4 N–H and O–H groups in total. The van der Waals surface area contributed by atoms with Gasteiger partial charge in [0.05, 0.1) is 24.6 Å². The summed E-state index contributed by atoms with van der Waals surface area (Å²) >= 11 is 1.15. The lowest BCUT2D eigenvalue weighted by Crippen LogP contribution is -2.56. The highest BCUT2D eigenvalue weighted by molar-refractivity contribution is 8.00. The molecule has 0 spiro atoms. The van der Waals surface area contributed by atoms with Gasteiger partial charge in [0.15, 0.2) is 0 Å². The standard InChI is InChI=1S/C25H36N4O6S/c1-16(2)10-20(28-22(32)13-26-23(33)15-36-14-18(4)31)25(35)29-21(24(34)27-12-17(3)30)11-19-8-6-5-7-9-19/h5-9,16,20-21H,10-15H2,1-4H3,(H,26,33)(H,27,34)(H,28,32)(H,29,35). The van der Waals surface area contributed by atoms with Gasteiger partial charge in [-0.15, -0.1) is 11.8 Å². The van der Waals surface area contributed by atoms with Crippen molar-refractivity contribution in [1.82, 2.24) is 21.3 Å². The van der Waals surface area contributed by atoms with E-state index in [1.54, 1.807) is 0 Å². The van der Waals surface area contributed by atoms with Gasteiger partial charge in [0, 0.05) is 6.42 Å². The number of hydrogen-bond donors (Lipinski definition) is 4. The van der Waals surface area contributed by atoms with E-state index in [0.717, 1.165) is 17.3 Å². The molecule has 0 fully saturated rings. The van der Waals surface area contributed by atoms with Gasteiger partial charge in [0.1, 0.15) is 23.7 Å². The SMILES string of the molecule is CC(=O)CNC(=O)C(Cc1ccccc1)NC(=O)C(CC(C)C)NC(=O)CNC(=O)CSCC(C)=O. The normalized spacial score (nSPS) is 12.2. The van der Waals surface area contributed by atoms with Crippen LogP contribution in [0, 0.1) is 5.92 Å². The molecule has 0 saturated carbocycles. The molecule has 11 heteroatoms. The summed E-state index contributed by atoms with van der Waals surface area (Å²) in [5.41, 5.74) is 0.815. The summed E-state index contributed by atoms with van der Waals surface area (Å²) in [6.45, 7) is 6.07. The molecule has 0 saturated heterocycles. The minimum Gasteiger partial charge on any atom is -0.347 e. The highest BCUT2D eigenvalue weighted by Crippen LogP contribution is 2.08. The van der Waals surface area contributed by atoms with Crippen molar-refractivity contribution in [3.8, 4) is 0 Å². The molecule has 0 bridgehead atoms. The fraction of sp³-hybridized carbons (Fsp3) is 0.520. The third kappa shape index (κ3) is 13.6. The third-order valence-electron chi connectivity index (χ3n) is 4.77. The number of carbonyl (C=O) groups excluding carboxylic acids is 6. The third-order valence-corrected chi connectivity index (χ3v) is 5.85. The van der Waals surface area contributed by atoms with Gasteiger partial charge >= 0.3 is 0 Å². The van der Waals surface area contributed by atoms with Crippen LogP contribution in [0.25, 0.3) is 0 Å². The van der Waals surface area contributed by atoms with E-state index in [1.165, 1.54) is 13.8 Å². The molecule has 2 atom stereocenters. The van der Waals surface area contributed by atoms with E-state index in [4.69, 9.17) is 0 Å². The second-order valence-electron chi connectivity index (χ2n) is 8.89. The second kappa shape index (κ2) is 16.5. The van der Waals surface area contributed by atoms with Gasteiger partial charge in [0.2, 0.25) is 23.6 Å². The van der Waals surface area contributed by atoms with Gasteiger partial charge < -0.3 is 21.3 Å². The predicted octanol–water partition coefficient (Wildman–Crippen LogP) is 0.388. The van der Waals surface area contributed by atoms with Crippen molar-refractivity contribution in [1.29, 1.82) is 0 Å². The van der Waals surface area contributed by atoms with Crippen LogP contribution in [0.5, 0.6) is 0 Å². The van der Waals surface area contributed by atoms with Crippen LogP contribution in [-0.2, 0) is 35.2 Å². The summed E-state index contributed by atoms with van der Waals surface area (Å²) in [6.07, 6.45) is 0.514. The van der Waals surface area contributed by atoms with Crippen molar-refractivity contribution in [3.05, 3.63) is 35.9 Å². The first kappa shape index (κ1) is 30.8. The fourth-order valence-corrected chi connectivity index (χ4v) is 3.81. The predicted molar refractivity (Wildman–Crippen MR) is 138 cm³/mol. The molecule has 0 aliphatic rings. The van der Waals surface area contributed by atoms with Crippen LogP contribution in [0.4, 0.5) is 0 Å². The van der Waals surface area contributed by atoms with Crippen molar-refractivity contribution < 1.29 is 28.8 Å². The maximum absolute atomic E-state index is 13.1. The first-order valence-electron chi connectivity index (χ1n) is 11.7. The molecule has 36 heavy (non-hydrogen) atoms. The monoisotopic (exact) mass is 520 g/mol. The molecule has 1 aromatic rings. The molecule has 0 aliphatic carbocycles. The molecule has 2 unspecified atom stereocenters. The lowest BCUT2D eigenvalue weighted by Gasteiger charge is -2.24. The van der Waals surface area contributed by atoms with E-state index in [2.05, 4.69) is 21.3 Å². The molecule has 4 amide bonds. The minimum absolute atomic E-state index is 0.0410. The highest BCUT2D eigenvalue weighted by atomic mass is 32.2. The van der Waals surface area contributed by atoms with Crippen molar-refractivity contribution >= 4 is 47.0 Å². The highest BCUT2D eigenvalue weighted by Gasteiger charge is 2.27. The molecule has 0 aliphatic heterocycles. The van der Waals surface area contributed by atoms with Crippen LogP contribution >= 0.6 is 11.8 Å². The zero-order valence-corrected chi connectivity index (χ0v) is 22.0. The average molecular weight is 521 g/mol. The summed E-state index contributed by atoms with van der Waals surface area (Å²) in [5.74, 6) is -1.97. The second-order valence-corrected chi connectivity index (χ2v) is 9.88. The van der Waals surface area contributed by atoms with Crippen LogP contribution in [0.1, 0.15) is 39.7 Å². The van der Waals surface area contributed by atoms with Crippen molar-refractivity contribution in [2.75, 3.05) is 24.6 Å². The van der Waals surface area contributed by atoms with Crippen LogP contribution in [0.3, 0.4) is 0 Å². The van der Waals surface area contributed by atoms with Gasteiger partial charge in [-0.2, -0.15) is 0 Å². The molecule has 198 valence electrons. The number of ketones is 2. The lowest BCUT2D eigenvalue weighted by atomic mass is 10.0. The molecule has 0 aromatic heterocycles. The molecular weight excluding hydrogens is 484 g/mol. The topological polar surface area (TPSA) is 151 Å². The molecule has 10 nitrogen and oxygen atoms in total. The van der Waals surface area contributed by atoms with Crippen molar-refractivity contribution in [2.45, 2.75) is 52.6 Å². The van der Waals surface area contributed by atoms with E-state index in [-0.39, 0.29) is 48.5 Å². The number of amides is 4. The summed E-state index contributed by atoms with van der Waals surface area (Å²) in [4.78, 5) is 72.4. The van der Waals surface area contributed by atoms with E-state index >= 15 is 0 Å². The van der Waals surface area contributed by atoms with Gasteiger partial charge in [0.25, 0.3) is 0 Å². The lowest BCUT2D eigenvalue weighted by molar-refractivity contribution is -0.133. The smallest absolute Gasteiger partial charge is 0.243 e. The summed E-state index contributed by atoms with van der Waals surface area (Å²) in [7, 11) is 0. The van der Waals surface area contributed by atoms with E-state index in [1.807, 2.05) is 44.2 Å². The summed E-state index contributed by atoms with van der Waals surface area (Å²) < 4.78 is 0. The van der Waals surface area contributed by atoms with E-state index in [9.17, 15) is 28.8 Å². The van der Waals surface area contributed by atoms with Crippen LogP contribution in [-0.4, -0.2) is 71.9 Å². The minimum atomic E-state index is -0.955. The molecular formula is C25H36N4O6S. The van der Waals surface area contributed by atoms with Crippen molar-refractivity contribution in [3.63, 3.8) is 0 Å². The summed E-state index contributed by atoms with van der Waals surface area (Å²) in [5, 5.41) is 10.3. The maximum atomic E-state index is 13.1. The van der Waals surface area contributed by atoms with E-state index in [0.29, 0.717) is 6.42 Å². The Bertz CT molecular complexity index is 922. The van der Waals surface area contributed by atoms with Gasteiger partial charge in [-0.05, 0) is 31.7 Å². The quantitative estimate of drug-likeness (QED) is 0.246. The van der Waals surface area contributed by atoms with E-state index < -0.39 is 35.7 Å². The number of rotatable bonds is 16. The van der Waals surface area contributed by atoms with Crippen molar-refractivity contribution in [2.24, 2.45) is 5.92 Å². The number of benzene rings is 1. The Morgan fingerprint density at radius 3 is 2.00 bits per heavy atom. The Kier molecular flexibility index (Phi) is 14.1. The Balaban J connectivity index is 2.81. The Morgan fingerprint density at radius 2 is 1.42 bits per heavy atom. The zero-order chi connectivity index (χ0) is 27.1. The Hall–Kier alpha value is -3.21. The number of carbonyl (C=O) groups is 6. The van der Waals surface area contributed by atoms with Crippen LogP contribution in [0.2, 0.25) is 0 Å². The zero-order valence-electron chi connectivity index (χ0n) is 21.2. The number of thioether (sulfide) groups is 1. The Morgan fingerprint density at radius 1 is 0.750 bits per heavy atom. The fourth-order valence-electron chi connectivity index (χ4n) is 3.13. The first-order valence-corrected chi connectivity index (χ1v) is 12.9. The molecule has 0 radical (unpaired) electrons.